The molecule has 9 heteroatoms. The molecule has 0 aliphatic carbocycles. The molecule has 0 saturated carbocycles. The number of para-hydroxylation sites is 1. The highest BCUT2D eigenvalue weighted by atomic mass is 16.1. The van der Waals surface area contributed by atoms with Crippen LogP contribution in [0.4, 0.5) is 17.5 Å². The molecule has 5 aromatic rings. The third-order valence-electron chi connectivity index (χ3n) is 6.60. The smallest absolute Gasteiger partial charge is 0.263 e. The molecule has 194 valence electrons. The van der Waals surface area contributed by atoms with Crippen molar-refractivity contribution in [1.29, 1.82) is 0 Å². The maximum Gasteiger partial charge on any atom is 0.263 e. The molecule has 2 aromatic carbocycles. The average Bonchev–Trinajstić information content (AvgIpc) is 2.93. The molecule has 3 aromatic heterocycles. The lowest BCUT2D eigenvalue weighted by Crippen LogP contribution is -2.26. The number of benzene rings is 2. The molecular formula is C30H27N7O2. The van der Waals surface area contributed by atoms with E-state index in [0.717, 1.165) is 16.5 Å². The van der Waals surface area contributed by atoms with E-state index in [-0.39, 0.29) is 28.8 Å². The summed E-state index contributed by atoms with van der Waals surface area (Å²) in [5.41, 5.74) is 8.61. The molecule has 0 fully saturated rings. The predicted octanol–water partition coefficient (Wildman–Crippen LogP) is 5.50. The van der Waals surface area contributed by atoms with E-state index in [1.165, 1.54) is 12.3 Å². The van der Waals surface area contributed by atoms with Crippen molar-refractivity contribution in [2.45, 2.75) is 32.9 Å². The molecule has 0 unspecified atom stereocenters. The Kier molecular flexibility index (Phi) is 6.69. The molecule has 5 rings (SSSR count). The third-order valence-corrected chi connectivity index (χ3v) is 6.60. The van der Waals surface area contributed by atoms with E-state index in [2.05, 4.69) is 20.1 Å². The Hall–Kier alpha value is -5.23. The Labute approximate surface area is 225 Å². The van der Waals surface area contributed by atoms with Crippen LogP contribution in [0.15, 0.2) is 88.7 Å². The lowest BCUT2D eigenvalue weighted by atomic mass is 9.98. The monoisotopic (exact) mass is 517 g/mol. The number of hydrogen-bond acceptors (Lipinski definition) is 6. The minimum Gasteiger partial charge on any atom is -0.371 e. The molecule has 0 saturated heterocycles. The average molecular weight is 518 g/mol. The molecule has 0 aliphatic heterocycles. The van der Waals surface area contributed by atoms with Crippen molar-refractivity contribution in [3.63, 3.8) is 0 Å². The van der Waals surface area contributed by atoms with Gasteiger partial charge >= 0.3 is 0 Å². The summed E-state index contributed by atoms with van der Waals surface area (Å²) in [6, 6.07) is 19.9. The number of nitrogen functional groups attached to an aromatic ring is 1. The van der Waals surface area contributed by atoms with Crippen molar-refractivity contribution in [3.8, 4) is 16.8 Å². The predicted molar refractivity (Wildman–Crippen MR) is 154 cm³/mol. The van der Waals surface area contributed by atoms with Crippen LogP contribution in [0.3, 0.4) is 0 Å². The number of anilines is 2. The first-order valence-electron chi connectivity index (χ1n) is 12.5. The van der Waals surface area contributed by atoms with Crippen LogP contribution in [-0.2, 0) is 0 Å². The third kappa shape index (κ3) is 4.76. The number of nitrogens with one attached hydrogen (secondary N) is 1. The van der Waals surface area contributed by atoms with Crippen molar-refractivity contribution < 1.29 is 0 Å². The van der Waals surface area contributed by atoms with E-state index >= 15 is 0 Å². The van der Waals surface area contributed by atoms with Gasteiger partial charge in [0.15, 0.2) is 0 Å². The fourth-order valence-corrected chi connectivity index (χ4v) is 4.71. The number of pyridine rings is 2. The summed E-state index contributed by atoms with van der Waals surface area (Å²) in [7, 11) is 0. The second-order valence-electron chi connectivity index (χ2n) is 9.51. The van der Waals surface area contributed by atoms with Crippen molar-refractivity contribution in [3.05, 3.63) is 117 Å². The maximum atomic E-state index is 14.3. The van der Waals surface area contributed by atoms with Gasteiger partial charge in [0.05, 0.1) is 18.0 Å². The number of nitrogens with zero attached hydrogens (tertiary/aromatic N) is 5. The Balaban J connectivity index is 1.75. The van der Waals surface area contributed by atoms with Crippen LogP contribution in [0.5, 0.6) is 0 Å². The minimum absolute atomic E-state index is 0.0249. The summed E-state index contributed by atoms with van der Waals surface area (Å²) in [6.07, 6.45) is 3.18. The van der Waals surface area contributed by atoms with Crippen molar-refractivity contribution in [1.82, 2.24) is 19.1 Å². The standard InChI is InChI=1S/C30H27N7O2/c1-18(2)36-17-21(13-14-26(36)38)23-12-8-9-20-15-25(19(3)34-28-24(32-4)16-33-30(31)35-28)37(29(39)27(20)23)22-10-6-5-7-11-22/h5-19H,1-3H3,(H3,31,33,34,35)/t19-/m0/s1. The van der Waals surface area contributed by atoms with Gasteiger partial charge in [-0.3, -0.25) is 14.2 Å². The number of nitrogens with two attached hydrogens (primary N) is 1. The fraction of sp³-hybridized carbons (Fsp3) is 0.167. The highest BCUT2D eigenvalue weighted by Gasteiger charge is 2.20. The lowest BCUT2D eigenvalue weighted by Gasteiger charge is -2.22. The first-order valence-corrected chi connectivity index (χ1v) is 12.5. The molecule has 0 spiro atoms. The van der Waals surface area contributed by atoms with Crippen LogP contribution >= 0.6 is 0 Å². The zero-order valence-electron chi connectivity index (χ0n) is 21.8. The highest BCUT2D eigenvalue weighted by Crippen LogP contribution is 2.31. The summed E-state index contributed by atoms with van der Waals surface area (Å²) < 4.78 is 3.33. The van der Waals surface area contributed by atoms with Gasteiger partial charge in [-0.05, 0) is 61.5 Å². The van der Waals surface area contributed by atoms with E-state index in [4.69, 9.17) is 12.3 Å². The van der Waals surface area contributed by atoms with Gasteiger partial charge in [0.25, 0.3) is 11.1 Å². The molecule has 1 atom stereocenters. The number of fused-ring (bicyclic) bond motifs is 1. The van der Waals surface area contributed by atoms with Gasteiger partial charge < -0.3 is 15.6 Å². The summed E-state index contributed by atoms with van der Waals surface area (Å²) in [5, 5.41) is 4.54. The molecule has 3 N–H and O–H groups in total. The van der Waals surface area contributed by atoms with Gasteiger partial charge in [0.1, 0.15) is 5.82 Å². The second kappa shape index (κ2) is 10.3. The normalized spacial score (nSPS) is 11.9. The van der Waals surface area contributed by atoms with E-state index in [9.17, 15) is 9.59 Å². The van der Waals surface area contributed by atoms with Crippen molar-refractivity contribution in [2.24, 2.45) is 0 Å². The highest BCUT2D eigenvalue weighted by molar-refractivity contribution is 5.96. The number of aromatic nitrogens is 4. The van der Waals surface area contributed by atoms with E-state index in [1.54, 1.807) is 21.4 Å². The van der Waals surface area contributed by atoms with E-state index < -0.39 is 6.04 Å². The van der Waals surface area contributed by atoms with Crippen LogP contribution in [0.1, 0.15) is 38.5 Å². The Morgan fingerprint density at radius 1 is 1.00 bits per heavy atom. The van der Waals surface area contributed by atoms with Gasteiger partial charge in [-0.15, -0.1) is 0 Å². The molecular weight excluding hydrogens is 490 g/mol. The van der Waals surface area contributed by atoms with Gasteiger partial charge in [-0.25, -0.2) is 14.8 Å². The minimum atomic E-state index is -0.427. The molecule has 9 nitrogen and oxygen atoms in total. The van der Waals surface area contributed by atoms with Crippen LogP contribution in [0.2, 0.25) is 0 Å². The number of rotatable bonds is 6. The van der Waals surface area contributed by atoms with Crippen LogP contribution in [0.25, 0.3) is 32.4 Å². The van der Waals surface area contributed by atoms with Crippen LogP contribution in [-0.4, -0.2) is 19.1 Å². The summed E-state index contributed by atoms with van der Waals surface area (Å²) in [4.78, 5) is 38.3. The molecule has 3 heterocycles. The quantitative estimate of drug-likeness (QED) is 0.288. The van der Waals surface area contributed by atoms with Gasteiger partial charge in [-0.2, -0.15) is 0 Å². The zero-order valence-corrected chi connectivity index (χ0v) is 21.8. The van der Waals surface area contributed by atoms with E-state index in [0.29, 0.717) is 22.6 Å². The Morgan fingerprint density at radius 2 is 1.77 bits per heavy atom. The summed E-state index contributed by atoms with van der Waals surface area (Å²) >= 11 is 0. The fourth-order valence-electron chi connectivity index (χ4n) is 4.71. The Morgan fingerprint density at radius 3 is 2.49 bits per heavy atom. The largest absolute Gasteiger partial charge is 0.371 e. The molecule has 0 aliphatic rings. The van der Waals surface area contributed by atoms with E-state index in [1.807, 2.05) is 75.4 Å². The second-order valence-corrected chi connectivity index (χ2v) is 9.51. The first-order chi connectivity index (χ1) is 18.8. The molecule has 39 heavy (non-hydrogen) atoms. The van der Waals surface area contributed by atoms with Crippen molar-refractivity contribution >= 4 is 28.2 Å². The molecule has 0 amide bonds. The molecule has 0 bridgehead atoms. The summed E-state index contributed by atoms with van der Waals surface area (Å²) in [5.74, 6) is 0.338. The van der Waals surface area contributed by atoms with Gasteiger partial charge in [0.2, 0.25) is 11.6 Å². The lowest BCUT2D eigenvalue weighted by molar-refractivity contribution is 0.579. The van der Waals surface area contributed by atoms with Gasteiger partial charge in [0, 0.05) is 35.9 Å². The number of hydrogen-bond donors (Lipinski definition) is 2. The van der Waals surface area contributed by atoms with Crippen molar-refractivity contribution in [2.75, 3.05) is 11.1 Å². The summed E-state index contributed by atoms with van der Waals surface area (Å²) in [6.45, 7) is 13.3. The SMILES string of the molecule is [C-]#[N+]c1cnc(N)nc1N[C@@H](C)c1cc2cccc(-c3ccc(=O)n(C(C)C)c3)c2c(=O)n1-c1ccccc1. The topological polar surface area (TPSA) is 112 Å². The Bertz CT molecular complexity index is 1850. The maximum absolute atomic E-state index is 14.3. The van der Waals surface area contributed by atoms with Crippen LogP contribution in [0, 0.1) is 6.57 Å². The first kappa shape index (κ1) is 25.4. The van der Waals surface area contributed by atoms with Crippen LogP contribution < -0.4 is 22.2 Å². The zero-order chi connectivity index (χ0) is 27.7. The van der Waals surface area contributed by atoms with Gasteiger partial charge in [-0.1, -0.05) is 36.4 Å². The molecule has 0 radical (unpaired) electrons.